The molecule has 414 valence electrons. The van der Waals surface area contributed by atoms with Crippen LogP contribution in [-0.4, -0.2) is 9.13 Å². The Bertz CT molecular complexity index is 5050. The summed E-state index contributed by atoms with van der Waals surface area (Å²) in [6.07, 6.45) is 2.24. The second-order valence-corrected chi connectivity index (χ2v) is 25.3. The predicted octanol–water partition coefficient (Wildman–Crippen LogP) is 23.6. The van der Waals surface area contributed by atoms with Gasteiger partial charge in [0.1, 0.15) is 0 Å². The average Bonchev–Trinajstić information content (AvgIpc) is 0.994. The van der Waals surface area contributed by atoms with Gasteiger partial charge in [0, 0.05) is 32.9 Å². The molecule has 0 atom stereocenters. The minimum atomic E-state index is -0.0375. The molecule has 0 amide bonds. The smallest absolute Gasteiger partial charge is 0.0541 e. The van der Waals surface area contributed by atoms with E-state index >= 15 is 0 Å². The Hall–Kier alpha value is -10.0. The number of hydrogen-bond acceptors (Lipinski definition) is 0. The van der Waals surface area contributed by atoms with E-state index in [1.54, 1.807) is 0 Å². The number of hydrogen-bond donors (Lipinski definition) is 0. The summed E-state index contributed by atoms with van der Waals surface area (Å²) < 4.78 is 4.76. The summed E-state index contributed by atoms with van der Waals surface area (Å²) in [5.41, 5.74) is 24.5. The second kappa shape index (κ2) is 20.9. The number of benzene rings is 13. The van der Waals surface area contributed by atoms with Crippen LogP contribution in [0.5, 0.6) is 0 Å². The van der Waals surface area contributed by atoms with Gasteiger partial charge in [-0.3, -0.25) is 0 Å². The predicted molar refractivity (Wildman–Crippen MR) is 369 cm³/mol. The minimum Gasteiger partial charge on any atom is -0.309 e. The number of fused-ring (bicyclic) bond motifs is 8. The van der Waals surface area contributed by atoms with E-state index in [4.69, 9.17) is 0 Å². The lowest BCUT2D eigenvalue weighted by Gasteiger charge is -2.27. The summed E-state index contributed by atoms with van der Waals surface area (Å²) >= 11 is 0. The summed E-state index contributed by atoms with van der Waals surface area (Å²) in [6, 6.07) is 104. The van der Waals surface area contributed by atoms with E-state index in [0.717, 1.165) is 12.8 Å². The van der Waals surface area contributed by atoms with Crippen molar-refractivity contribution in [2.75, 3.05) is 0 Å². The fraction of sp³-hybridized carbons (Fsp3) is 0.119. The van der Waals surface area contributed by atoms with E-state index in [9.17, 15) is 0 Å². The van der Waals surface area contributed by atoms with Crippen molar-refractivity contribution in [3.8, 4) is 78.1 Å². The van der Waals surface area contributed by atoms with Crippen LogP contribution >= 0.6 is 0 Å². The standard InChI is InChI=1S/C84H68N2/c1-7-50-84(5,6)66-45-47-72-76(54-66)82(62-40-36-58(37-41-62)56-28-32-60(33-29-56)64-43-49-80-74(52-64)70-23-15-17-25-78(70)86(80)68-20-12-9-13-21-68)71-46-44-65(83(2,3)4)53-75(71)81(72)61-38-34-57(35-39-61)55-26-30-59(31-27-55)63-42-48-79-73(51-63)69-22-14-16-24-77(69)85(79)67-18-10-8-11-19-67/h8-49,51-54H,7,50H2,1-6H3. The van der Waals surface area contributed by atoms with Gasteiger partial charge in [-0.15, -0.1) is 0 Å². The molecule has 0 radical (unpaired) electrons. The molecule has 0 saturated carbocycles. The van der Waals surface area contributed by atoms with E-state index in [1.807, 2.05) is 0 Å². The lowest BCUT2D eigenvalue weighted by atomic mass is 9.77. The van der Waals surface area contributed by atoms with Crippen molar-refractivity contribution >= 4 is 65.2 Å². The zero-order chi connectivity index (χ0) is 58.3. The largest absolute Gasteiger partial charge is 0.309 e. The molecule has 15 rings (SSSR count). The van der Waals surface area contributed by atoms with E-state index < -0.39 is 0 Å². The molecule has 86 heavy (non-hydrogen) atoms. The molecule has 2 aromatic heterocycles. The highest BCUT2D eigenvalue weighted by molar-refractivity contribution is 6.22. The first-order valence-corrected chi connectivity index (χ1v) is 30.6. The van der Waals surface area contributed by atoms with Crippen LogP contribution in [0.15, 0.2) is 279 Å². The molecule has 13 aromatic carbocycles. The lowest BCUT2D eigenvalue weighted by Crippen LogP contribution is -2.16. The van der Waals surface area contributed by atoms with Crippen LogP contribution in [0, 0.1) is 0 Å². The zero-order valence-electron chi connectivity index (χ0n) is 49.9. The van der Waals surface area contributed by atoms with Crippen LogP contribution < -0.4 is 0 Å². The van der Waals surface area contributed by atoms with Crippen molar-refractivity contribution < 1.29 is 0 Å². The van der Waals surface area contributed by atoms with Crippen LogP contribution in [-0.2, 0) is 10.8 Å². The zero-order valence-corrected chi connectivity index (χ0v) is 49.9. The van der Waals surface area contributed by atoms with E-state index in [0.29, 0.717) is 0 Å². The van der Waals surface area contributed by atoms with Crippen molar-refractivity contribution in [3.63, 3.8) is 0 Å². The molecule has 0 aliphatic carbocycles. The third-order valence-corrected chi connectivity index (χ3v) is 18.5. The molecule has 15 aromatic rings. The molecule has 2 heterocycles. The Kier molecular flexibility index (Phi) is 12.8. The van der Waals surface area contributed by atoms with E-state index in [1.165, 1.54) is 154 Å². The highest BCUT2D eigenvalue weighted by Crippen LogP contribution is 2.48. The highest BCUT2D eigenvalue weighted by Gasteiger charge is 2.25. The summed E-state index contributed by atoms with van der Waals surface area (Å²) in [5, 5.41) is 10.2. The molecule has 0 fully saturated rings. The molecule has 2 heteroatoms. The van der Waals surface area contributed by atoms with E-state index in [2.05, 4.69) is 330 Å². The van der Waals surface area contributed by atoms with Crippen LogP contribution in [0.25, 0.3) is 143 Å². The Morgan fingerprint density at radius 3 is 0.977 bits per heavy atom. The Morgan fingerprint density at radius 2 is 0.581 bits per heavy atom. The first-order chi connectivity index (χ1) is 42.0. The van der Waals surface area contributed by atoms with E-state index in [-0.39, 0.29) is 10.8 Å². The molecule has 2 nitrogen and oxygen atoms in total. The second-order valence-electron chi connectivity index (χ2n) is 25.3. The van der Waals surface area contributed by atoms with Gasteiger partial charge in [-0.1, -0.05) is 254 Å². The fourth-order valence-electron chi connectivity index (χ4n) is 13.9. The minimum absolute atomic E-state index is 0.0149. The van der Waals surface area contributed by atoms with Gasteiger partial charge < -0.3 is 9.13 Å². The van der Waals surface area contributed by atoms with Crippen molar-refractivity contribution in [3.05, 3.63) is 290 Å². The van der Waals surface area contributed by atoms with Crippen molar-refractivity contribution in [1.29, 1.82) is 0 Å². The number of para-hydroxylation sites is 4. The summed E-state index contributed by atoms with van der Waals surface area (Å²) in [7, 11) is 0. The van der Waals surface area contributed by atoms with Gasteiger partial charge in [-0.05, 0) is 189 Å². The first-order valence-electron chi connectivity index (χ1n) is 30.6. The number of aromatic nitrogens is 2. The molecule has 0 N–H and O–H groups in total. The maximum atomic E-state index is 2.53. The summed E-state index contributed by atoms with van der Waals surface area (Å²) in [5.74, 6) is 0. The van der Waals surface area contributed by atoms with Crippen LogP contribution in [0.3, 0.4) is 0 Å². The van der Waals surface area contributed by atoms with Gasteiger partial charge in [0.2, 0.25) is 0 Å². The van der Waals surface area contributed by atoms with Crippen LogP contribution in [0.4, 0.5) is 0 Å². The van der Waals surface area contributed by atoms with Gasteiger partial charge in [0.05, 0.1) is 22.1 Å². The molecule has 0 unspecified atom stereocenters. The molecule has 0 spiro atoms. The molecular weight excluding hydrogens is 1040 g/mol. The summed E-state index contributed by atoms with van der Waals surface area (Å²) in [4.78, 5) is 0. The van der Waals surface area contributed by atoms with Gasteiger partial charge >= 0.3 is 0 Å². The van der Waals surface area contributed by atoms with Crippen LogP contribution in [0.1, 0.15) is 65.5 Å². The normalized spacial score (nSPS) is 12.2. The van der Waals surface area contributed by atoms with Crippen molar-refractivity contribution in [2.24, 2.45) is 0 Å². The lowest BCUT2D eigenvalue weighted by molar-refractivity contribution is 0.473. The van der Waals surface area contributed by atoms with Gasteiger partial charge in [-0.2, -0.15) is 0 Å². The molecular formula is C84H68N2. The SMILES string of the molecule is CCCC(C)(C)c1ccc2c(-c3ccc(-c4ccc(-c5ccc6c(c5)c5ccccc5n6-c5ccccc5)cc4)cc3)c3cc(C(C)(C)C)ccc3c(-c3ccc(-c4ccc(-c5ccc6c(c5)c5ccccc5n6-c5ccccc5)cc4)cc3)c2c1. The fourth-order valence-corrected chi connectivity index (χ4v) is 13.9. The average molecular weight is 1110 g/mol. The van der Waals surface area contributed by atoms with Gasteiger partial charge in [0.15, 0.2) is 0 Å². The quantitative estimate of drug-likeness (QED) is 0.114. The third-order valence-electron chi connectivity index (χ3n) is 18.5. The molecule has 0 saturated heterocycles. The Balaban J connectivity index is 0.784. The highest BCUT2D eigenvalue weighted by atomic mass is 15.0. The van der Waals surface area contributed by atoms with Gasteiger partial charge in [-0.25, -0.2) is 0 Å². The molecule has 0 bridgehead atoms. The molecule has 0 aliphatic rings. The maximum absolute atomic E-state index is 2.53. The first kappa shape index (κ1) is 52.8. The topological polar surface area (TPSA) is 9.86 Å². The number of nitrogens with zero attached hydrogens (tertiary/aromatic N) is 2. The summed E-state index contributed by atoms with van der Waals surface area (Å²) in [6.45, 7) is 14.1. The van der Waals surface area contributed by atoms with Crippen LogP contribution in [0.2, 0.25) is 0 Å². The Labute approximate surface area is 504 Å². The number of rotatable bonds is 11. The molecule has 0 aliphatic heterocycles. The maximum Gasteiger partial charge on any atom is 0.0541 e. The van der Waals surface area contributed by atoms with Gasteiger partial charge in [0.25, 0.3) is 0 Å². The monoisotopic (exact) mass is 1100 g/mol. The third kappa shape index (κ3) is 9.11. The van der Waals surface area contributed by atoms with Crippen molar-refractivity contribution in [2.45, 2.75) is 65.2 Å². The van der Waals surface area contributed by atoms with Crippen molar-refractivity contribution in [1.82, 2.24) is 9.13 Å². The Morgan fingerprint density at radius 1 is 0.256 bits per heavy atom.